The second kappa shape index (κ2) is 7.24. The SMILES string of the molecule is CC(C)(Oc1ccc(Cl)cc1)C(=O)N1CCC(N2CCCC2=O)CC1. The van der Waals surface area contributed by atoms with Gasteiger partial charge in [0, 0.05) is 37.1 Å². The van der Waals surface area contributed by atoms with Gasteiger partial charge in [-0.15, -0.1) is 0 Å². The number of carbonyl (C=O) groups excluding carboxylic acids is 2. The highest BCUT2D eigenvalue weighted by molar-refractivity contribution is 6.30. The Hall–Kier alpha value is -1.75. The summed E-state index contributed by atoms with van der Waals surface area (Å²) in [5, 5.41) is 0.634. The van der Waals surface area contributed by atoms with Gasteiger partial charge in [0.15, 0.2) is 5.60 Å². The molecule has 1 aromatic carbocycles. The molecule has 0 saturated carbocycles. The van der Waals surface area contributed by atoms with Crippen LogP contribution in [0.4, 0.5) is 0 Å². The number of piperidine rings is 1. The molecule has 5 nitrogen and oxygen atoms in total. The smallest absolute Gasteiger partial charge is 0.266 e. The van der Waals surface area contributed by atoms with E-state index in [4.69, 9.17) is 16.3 Å². The van der Waals surface area contributed by atoms with Crippen molar-refractivity contribution in [1.82, 2.24) is 9.80 Å². The fourth-order valence-corrected chi connectivity index (χ4v) is 3.78. The second-order valence-electron chi connectivity index (χ2n) is 7.28. The lowest BCUT2D eigenvalue weighted by atomic mass is 10.00. The van der Waals surface area contributed by atoms with Crippen LogP contribution in [0.3, 0.4) is 0 Å². The first-order valence-electron chi connectivity index (χ1n) is 8.90. The fourth-order valence-electron chi connectivity index (χ4n) is 3.66. The summed E-state index contributed by atoms with van der Waals surface area (Å²) < 4.78 is 5.90. The lowest BCUT2D eigenvalue weighted by molar-refractivity contribution is -0.147. The van der Waals surface area contributed by atoms with Gasteiger partial charge in [-0.3, -0.25) is 9.59 Å². The molecule has 2 fully saturated rings. The summed E-state index contributed by atoms with van der Waals surface area (Å²) in [6, 6.07) is 7.30. The molecule has 0 aromatic heterocycles. The molecular formula is C19H25ClN2O3. The number of benzene rings is 1. The van der Waals surface area contributed by atoms with E-state index in [9.17, 15) is 9.59 Å². The van der Waals surface area contributed by atoms with E-state index in [0.717, 1.165) is 25.8 Å². The minimum atomic E-state index is -0.940. The van der Waals surface area contributed by atoms with Crippen LogP contribution in [0.2, 0.25) is 5.02 Å². The molecule has 2 saturated heterocycles. The van der Waals surface area contributed by atoms with Crippen LogP contribution < -0.4 is 4.74 Å². The van der Waals surface area contributed by atoms with Gasteiger partial charge in [-0.2, -0.15) is 0 Å². The van der Waals surface area contributed by atoms with Crippen molar-refractivity contribution in [3.8, 4) is 5.75 Å². The van der Waals surface area contributed by atoms with Gasteiger partial charge in [0.2, 0.25) is 5.91 Å². The number of hydrogen-bond acceptors (Lipinski definition) is 3. The number of amides is 2. The molecule has 0 bridgehead atoms. The predicted molar refractivity (Wildman–Crippen MR) is 96.7 cm³/mol. The quantitative estimate of drug-likeness (QED) is 0.824. The van der Waals surface area contributed by atoms with E-state index in [1.54, 1.807) is 38.1 Å². The van der Waals surface area contributed by atoms with Crippen molar-refractivity contribution in [2.45, 2.75) is 51.2 Å². The van der Waals surface area contributed by atoms with Crippen molar-refractivity contribution in [1.29, 1.82) is 0 Å². The minimum absolute atomic E-state index is 0.0198. The number of carbonyl (C=O) groups is 2. The summed E-state index contributed by atoms with van der Waals surface area (Å²) in [7, 11) is 0. The highest BCUT2D eigenvalue weighted by atomic mass is 35.5. The Bertz CT molecular complexity index is 637. The van der Waals surface area contributed by atoms with Crippen molar-refractivity contribution >= 4 is 23.4 Å². The molecule has 0 N–H and O–H groups in total. The molecule has 0 spiro atoms. The van der Waals surface area contributed by atoms with Gasteiger partial charge in [0.05, 0.1) is 0 Å². The highest BCUT2D eigenvalue weighted by Gasteiger charge is 2.38. The van der Waals surface area contributed by atoms with E-state index in [1.165, 1.54) is 0 Å². The van der Waals surface area contributed by atoms with Gasteiger partial charge >= 0.3 is 0 Å². The molecule has 2 heterocycles. The van der Waals surface area contributed by atoms with E-state index in [1.807, 2.05) is 9.80 Å². The maximum atomic E-state index is 12.9. The number of hydrogen-bond donors (Lipinski definition) is 0. The Morgan fingerprint density at radius 2 is 1.80 bits per heavy atom. The molecule has 3 rings (SSSR count). The van der Waals surface area contributed by atoms with Crippen LogP contribution in [0.1, 0.15) is 39.5 Å². The monoisotopic (exact) mass is 364 g/mol. The van der Waals surface area contributed by atoms with E-state index in [2.05, 4.69) is 0 Å². The third-order valence-corrected chi connectivity index (χ3v) is 5.26. The molecule has 136 valence electrons. The summed E-state index contributed by atoms with van der Waals surface area (Å²) in [6.45, 7) is 5.78. The zero-order chi connectivity index (χ0) is 18.0. The van der Waals surface area contributed by atoms with Crippen molar-refractivity contribution in [2.75, 3.05) is 19.6 Å². The predicted octanol–water partition coefficient (Wildman–Crippen LogP) is 3.11. The van der Waals surface area contributed by atoms with Crippen LogP contribution in [0.5, 0.6) is 5.75 Å². The summed E-state index contributed by atoms with van der Waals surface area (Å²) in [5.74, 6) is 0.866. The van der Waals surface area contributed by atoms with Crippen LogP contribution >= 0.6 is 11.6 Å². The van der Waals surface area contributed by atoms with Crippen LogP contribution in [0.15, 0.2) is 24.3 Å². The molecule has 0 atom stereocenters. The Kier molecular flexibility index (Phi) is 5.23. The third kappa shape index (κ3) is 4.09. The first-order chi connectivity index (χ1) is 11.9. The molecule has 1 aromatic rings. The van der Waals surface area contributed by atoms with E-state index in [0.29, 0.717) is 30.3 Å². The number of nitrogens with zero attached hydrogens (tertiary/aromatic N) is 2. The molecule has 6 heteroatoms. The molecule has 2 aliphatic rings. The minimum Gasteiger partial charge on any atom is -0.478 e. The fraction of sp³-hybridized carbons (Fsp3) is 0.579. The van der Waals surface area contributed by atoms with Crippen LogP contribution in [-0.2, 0) is 9.59 Å². The van der Waals surface area contributed by atoms with Crippen molar-refractivity contribution < 1.29 is 14.3 Å². The van der Waals surface area contributed by atoms with Crippen molar-refractivity contribution in [2.24, 2.45) is 0 Å². The second-order valence-corrected chi connectivity index (χ2v) is 7.72. The molecule has 0 unspecified atom stereocenters. The van der Waals surface area contributed by atoms with Crippen molar-refractivity contribution in [3.63, 3.8) is 0 Å². The maximum absolute atomic E-state index is 12.9. The molecule has 2 aliphatic heterocycles. The summed E-state index contributed by atoms with van der Waals surface area (Å²) in [5.41, 5.74) is -0.940. The topological polar surface area (TPSA) is 49.9 Å². The van der Waals surface area contributed by atoms with E-state index >= 15 is 0 Å². The molecular weight excluding hydrogens is 340 g/mol. The number of rotatable bonds is 4. The van der Waals surface area contributed by atoms with Gasteiger partial charge in [-0.1, -0.05) is 11.6 Å². The molecule has 2 amide bonds. The lowest BCUT2D eigenvalue weighted by Gasteiger charge is -2.39. The van der Waals surface area contributed by atoms with Crippen LogP contribution in [-0.4, -0.2) is 52.9 Å². The maximum Gasteiger partial charge on any atom is 0.266 e. The lowest BCUT2D eigenvalue weighted by Crippen LogP contribution is -2.53. The van der Waals surface area contributed by atoms with Gasteiger partial charge in [-0.25, -0.2) is 0 Å². The van der Waals surface area contributed by atoms with E-state index < -0.39 is 5.60 Å². The van der Waals surface area contributed by atoms with Gasteiger partial charge in [-0.05, 0) is 57.4 Å². The average molecular weight is 365 g/mol. The number of likely N-dealkylation sites (tertiary alicyclic amines) is 2. The normalized spacial score (nSPS) is 19.4. The van der Waals surface area contributed by atoms with Crippen LogP contribution in [0.25, 0.3) is 0 Å². The summed E-state index contributed by atoms with van der Waals surface area (Å²) in [4.78, 5) is 28.6. The molecule has 25 heavy (non-hydrogen) atoms. The van der Waals surface area contributed by atoms with Crippen LogP contribution in [0, 0.1) is 0 Å². The first-order valence-corrected chi connectivity index (χ1v) is 9.28. The van der Waals surface area contributed by atoms with Gasteiger partial charge in [0.25, 0.3) is 5.91 Å². The highest BCUT2D eigenvalue weighted by Crippen LogP contribution is 2.26. The Labute approximate surface area is 153 Å². The molecule has 0 aliphatic carbocycles. The van der Waals surface area contributed by atoms with Gasteiger partial charge in [0.1, 0.15) is 5.75 Å². The Balaban J connectivity index is 1.57. The Morgan fingerprint density at radius 3 is 2.36 bits per heavy atom. The zero-order valence-electron chi connectivity index (χ0n) is 14.8. The third-order valence-electron chi connectivity index (χ3n) is 5.00. The average Bonchev–Trinajstić information content (AvgIpc) is 3.02. The summed E-state index contributed by atoms with van der Waals surface area (Å²) in [6.07, 6.45) is 3.31. The largest absolute Gasteiger partial charge is 0.478 e. The Morgan fingerprint density at radius 1 is 1.16 bits per heavy atom. The standard InChI is InChI=1S/C19H25ClN2O3/c1-19(2,25-16-7-5-14(20)6-8-16)18(24)21-12-9-15(10-13-21)22-11-3-4-17(22)23/h5-8,15H,3-4,9-13H2,1-2H3. The zero-order valence-corrected chi connectivity index (χ0v) is 15.6. The number of halogens is 1. The number of ether oxygens (including phenoxy) is 1. The first kappa shape index (κ1) is 18.1. The molecule has 0 radical (unpaired) electrons. The summed E-state index contributed by atoms with van der Waals surface area (Å²) >= 11 is 5.89. The van der Waals surface area contributed by atoms with Crippen molar-refractivity contribution in [3.05, 3.63) is 29.3 Å². The van der Waals surface area contributed by atoms with E-state index in [-0.39, 0.29) is 17.9 Å². The van der Waals surface area contributed by atoms with Gasteiger partial charge < -0.3 is 14.5 Å².